The Morgan fingerprint density at radius 2 is 1.55 bits per heavy atom. The summed E-state index contributed by atoms with van der Waals surface area (Å²) in [7, 11) is 0. The summed E-state index contributed by atoms with van der Waals surface area (Å²) in [6.07, 6.45) is 7.07. The van der Waals surface area contributed by atoms with Crippen LogP contribution < -0.4 is 4.74 Å². The van der Waals surface area contributed by atoms with E-state index in [1.807, 2.05) is 48.5 Å². The van der Waals surface area contributed by atoms with Crippen LogP contribution in [0.4, 0.5) is 0 Å². The molecule has 0 spiro atoms. The summed E-state index contributed by atoms with van der Waals surface area (Å²) in [5.74, 6) is 1.64. The molecule has 4 aliphatic carbocycles. The van der Waals surface area contributed by atoms with Crippen LogP contribution in [0, 0.1) is 35.5 Å². The van der Waals surface area contributed by atoms with Gasteiger partial charge in [0.2, 0.25) is 0 Å². The molecule has 2 amide bonds. The van der Waals surface area contributed by atoms with Crippen molar-refractivity contribution < 1.29 is 14.3 Å². The third-order valence-corrected chi connectivity index (χ3v) is 7.41. The van der Waals surface area contributed by atoms with Gasteiger partial charge in [0.1, 0.15) is 12.4 Å². The van der Waals surface area contributed by atoms with Crippen molar-refractivity contribution in [3.63, 3.8) is 0 Å². The van der Waals surface area contributed by atoms with Crippen molar-refractivity contribution in [3.05, 3.63) is 76.8 Å². The molecular formula is C25H21ClN2O3. The third-order valence-electron chi connectivity index (χ3n) is 7.16. The second-order valence-corrected chi connectivity index (χ2v) is 9.31. The fourth-order valence-electron chi connectivity index (χ4n) is 5.58. The van der Waals surface area contributed by atoms with E-state index in [2.05, 4.69) is 17.3 Å². The van der Waals surface area contributed by atoms with Gasteiger partial charge in [0.05, 0.1) is 18.1 Å². The number of amides is 2. The lowest BCUT2D eigenvalue weighted by Gasteiger charge is -2.37. The van der Waals surface area contributed by atoms with E-state index in [4.69, 9.17) is 16.3 Å². The first-order chi connectivity index (χ1) is 15.1. The molecule has 0 aromatic heterocycles. The first kappa shape index (κ1) is 18.8. The molecule has 0 radical (unpaired) electrons. The van der Waals surface area contributed by atoms with Gasteiger partial charge in [0.25, 0.3) is 11.8 Å². The van der Waals surface area contributed by atoms with Crippen LogP contribution in [-0.4, -0.2) is 23.0 Å². The number of halogens is 1. The zero-order chi connectivity index (χ0) is 21.1. The van der Waals surface area contributed by atoms with E-state index in [0.717, 1.165) is 28.3 Å². The van der Waals surface area contributed by atoms with Crippen molar-refractivity contribution in [3.8, 4) is 5.75 Å². The molecule has 3 fully saturated rings. The quantitative estimate of drug-likeness (QED) is 0.402. The minimum Gasteiger partial charge on any atom is -0.489 e. The minimum atomic E-state index is -0.216. The molecule has 5 aliphatic rings. The molecule has 156 valence electrons. The molecule has 6 heteroatoms. The predicted molar refractivity (Wildman–Crippen MR) is 116 cm³/mol. The fourth-order valence-corrected chi connectivity index (χ4v) is 5.70. The summed E-state index contributed by atoms with van der Waals surface area (Å²) in [5.41, 5.74) is 1.84. The smallest absolute Gasteiger partial charge is 0.254 e. The Bertz CT molecular complexity index is 1070. The molecule has 1 heterocycles. The molecular weight excluding hydrogens is 412 g/mol. The normalized spacial score (nSPS) is 32.5. The average molecular weight is 433 g/mol. The summed E-state index contributed by atoms with van der Waals surface area (Å²) in [6.45, 7) is 0.447. The number of allylic oxidation sites excluding steroid dienone is 2. The van der Waals surface area contributed by atoms with E-state index in [9.17, 15) is 9.59 Å². The van der Waals surface area contributed by atoms with Gasteiger partial charge in [-0.3, -0.25) is 9.59 Å². The van der Waals surface area contributed by atoms with E-state index >= 15 is 0 Å². The Morgan fingerprint density at radius 1 is 0.935 bits per heavy atom. The lowest BCUT2D eigenvalue weighted by atomic mass is 9.63. The molecule has 2 aromatic carbocycles. The maximum absolute atomic E-state index is 12.9. The number of hydrogen-bond donors (Lipinski definition) is 0. The predicted octanol–water partition coefficient (Wildman–Crippen LogP) is 4.31. The number of hydrogen-bond acceptors (Lipinski definition) is 4. The highest BCUT2D eigenvalue weighted by Crippen LogP contribution is 2.65. The van der Waals surface area contributed by atoms with Crippen LogP contribution in [0.3, 0.4) is 0 Å². The topological polar surface area (TPSA) is 59.0 Å². The van der Waals surface area contributed by atoms with Crippen LogP contribution >= 0.6 is 11.6 Å². The highest BCUT2D eigenvalue weighted by Gasteiger charge is 2.67. The molecule has 1 saturated heterocycles. The Labute approximate surface area is 185 Å². The fraction of sp³-hybridized carbons (Fsp3) is 0.320. The van der Waals surface area contributed by atoms with Gasteiger partial charge >= 0.3 is 0 Å². The zero-order valence-corrected chi connectivity index (χ0v) is 17.5. The average Bonchev–Trinajstić information content (AvgIpc) is 3.57. The van der Waals surface area contributed by atoms with Gasteiger partial charge in [-0.25, -0.2) is 0 Å². The summed E-state index contributed by atoms with van der Waals surface area (Å²) in [5, 5.41) is 6.08. The number of nitrogens with zero attached hydrogens (tertiary/aromatic N) is 2. The van der Waals surface area contributed by atoms with Crippen LogP contribution in [0.15, 0.2) is 65.8 Å². The van der Waals surface area contributed by atoms with Crippen molar-refractivity contribution in [1.29, 1.82) is 0 Å². The number of carbonyl (C=O) groups excluding carboxylic acids is 2. The maximum Gasteiger partial charge on any atom is 0.254 e. The van der Waals surface area contributed by atoms with Crippen LogP contribution in [0.2, 0.25) is 5.02 Å². The zero-order valence-electron chi connectivity index (χ0n) is 16.7. The molecule has 2 bridgehead atoms. The van der Waals surface area contributed by atoms with Crippen molar-refractivity contribution in [2.24, 2.45) is 40.6 Å². The standard InChI is InChI=1S/C25H21ClN2O3/c26-16-5-1-15(2-6-16)13-31-17-7-3-14(4-8-17)12-27-28-24(29)22-18-9-10-19(21-11-20(18)21)23(22)25(28)30/h1-10,12,18-23H,11,13H2/b27-12-/t18-,19-,20-,21+,22-,23+/m1/s1. The monoisotopic (exact) mass is 432 g/mol. The van der Waals surface area contributed by atoms with Crippen LogP contribution in [0.5, 0.6) is 5.75 Å². The van der Waals surface area contributed by atoms with Crippen molar-refractivity contribution >= 4 is 29.6 Å². The third kappa shape index (κ3) is 3.10. The van der Waals surface area contributed by atoms with Gasteiger partial charge in [-0.05, 0) is 77.6 Å². The number of hydrazone groups is 1. The Kier molecular flexibility index (Phi) is 4.29. The second kappa shape index (κ2) is 7.06. The highest BCUT2D eigenvalue weighted by atomic mass is 35.5. The van der Waals surface area contributed by atoms with Crippen LogP contribution in [0.1, 0.15) is 17.5 Å². The minimum absolute atomic E-state index is 0.140. The van der Waals surface area contributed by atoms with E-state index in [-0.39, 0.29) is 35.5 Å². The van der Waals surface area contributed by atoms with Gasteiger partial charge < -0.3 is 4.74 Å². The van der Waals surface area contributed by atoms with Gasteiger partial charge in [-0.1, -0.05) is 35.9 Å². The van der Waals surface area contributed by atoms with Gasteiger partial charge in [-0.2, -0.15) is 10.1 Å². The maximum atomic E-state index is 12.9. The second-order valence-electron chi connectivity index (χ2n) is 8.87. The summed E-state index contributed by atoms with van der Waals surface area (Å²) in [6, 6.07) is 14.9. The Hall–Kier alpha value is -2.92. The molecule has 7 rings (SSSR count). The highest BCUT2D eigenvalue weighted by molar-refractivity contribution is 6.30. The summed E-state index contributed by atoms with van der Waals surface area (Å²) >= 11 is 5.90. The number of carbonyl (C=O) groups is 2. The van der Waals surface area contributed by atoms with E-state index in [1.54, 1.807) is 6.21 Å². The Morgan fingerprint density at radius 3 is 2.16 bits per heavy atom. The molecule has 0 unspecified atom stereocenters. The van der Waals surface area contributed by atoms with E-state index in [0.29, 0.717) is 23.5 Å². The molecule has 5 nitrogen and oxygen atoms in total. The van der Waals surface area contributed by atoms with E-state index < -0.39 is 0 Å². The van der Waals surface area contributed by atoms with Gasteiger partial charge in [-0.15, -0.1) is 0 Å². The first-order valence-corrected chi connectivity index (χ1v) is 11.1. The molecule has 2 saturated carbocycles. The molecule has 0 N–H and O–H groups in total. The lowest BCUT2D eigenvalue weighted by Crippen LogP contribution is -2.40. The van der Waals surface area contributed by atoms with Gasteiger partial charge in [0, 0.05) is 5.02 Å². The number of ether oxygens (including phenoxy) is 1. The summed E-state index contributed by atoms with van der Waals surface area (Å²) in [4.78, 5) is 25.9. The first-order valence-electron chi connectivity index (χ1n) is 10.7. The molecule has 2 aromatic rings. The number of rotatable bonds is 5. The largest absolute Gasteiger partial charge is 0.489 e. The molecule has 31 heavy (non-hydrogen) atoms. The van der Waals surface area contributed by atoms with Crippen molar-refractivity contribution in [2.75, 3.05) is 0 Å². The summed E-state index contributed by atoms with van der Waals surface area (Å²) < 4.78 is 5.79. The number of imide groups is 1. The number of benzene rings is 2. The molecule has 6 atom stereocenters. The lowest BCUT2D eigenvalue weighted by molar-refractivity contribution is -0.140. The Balaban J connectivity index is 1.12. The van der Waals surface area contributed by atoms with Crippen LogP contribution in [0.25, 0.3) is 0 Å². The van der Waals surface area contributed by atoms with Gasteiger partial charge in [0.15, 0.2) is 0 Å². The molecule has 1 aliphatic heterocycles. The van der Waals surface area contributed by atoms with Crippen molar-refractivity contribution in [2.45, 2.75) is 13.0 Å². The SMILES string of the molecule is O=C1[C@@H]2[C@@H]3C=C[C@H]([C@@H]4C[C@H]34)[C@@H]2C(=O)N1/N=C\c1ccc(OCc2ccc(Cl)cc2)cc1. The van der Waals surface area contributed by atoms with E-state index in [1.165, 1.54) is 0 Å². The van der Waals surface area contributed by atoms with Crippen molar-refractivity contribution in [1.82, 2.24) is 5.01 Å². The van der Waals surface area contributed by atoms with Crippen LogP contribution in [-0.2, 0) is 16.2 Å².